The van der Waals surface area contributed by atoms with Gasteiger partial charge in [-0.3, -0.25) is 4.79 Å². The van der Waals surface area contributed by atoms with Gasteiger partial charge in [0.15, 0.2) is 0 Å². The summed E-state index contributed by atoms with van der Waals surface area (Å²) in [5.41, 5.74) is 0.979. The number of aromatic nitrogens is 1. The zero-order chi connectivity index (χ0) is 21.0. The summed E-state index contributed by atoms with van der Waals surface area (Å²) in [6.07, 6.45) is 1.77. The zero-order valence-electron chi connectivity index (χ0n) is 16.4. The van der Waals surface area contributed by atoms with Crippen LogP contribution in [0.25, 0.3) is 9.88 Å². The van der Waals surface area contributed by atoms with E-state index in [0.717, 1.165) is 15.6 Å². The molecule has 1 saturated heterocycles. The Morgan fingerprint density at radius 1 is 1.10 bits per heavy atom. The van der Waals surface area contributed by atoms with Crippen LogP contribution < -0.4 is 5.32 Å². The van der Waals surface area contributed by atoms with Gasteiger partial charge in [0.05, 0.1) is 15.5 Å². The fourth-order valence-corrected chi connectivity index (χ4v) is 6.65. The molecule has 3 aromatic rings. The standard InChI is InChI=1S/C21H23N3O3S3/c25-20(22-11-8-17-15-29-21(23-17)19-7-4-14-28-19)16-9-12-24(13-10-16)30(26,27)18-5-2-1-3-6-18/h1-7,14-16H,8-13H2,(H,22,25). The number of nitrogens with zero attached hydrogens (tertiary/aromatic N) is 2. The summed E-state index contributed by atoms with van der Waals surface area (Å²) in [5, 5.41) is 8.07. The van der Waals surface area contributed by atoms with Crippen LogP contribution in [0, 0.1) is 5.92 Å². The van der Waals surface area contributed by atoms with Gasteiger partial charge in [0, 0.05) is 37.4 Å². The molecule has 1 fully saturated rings. The van der Waals surface area contributed by atoms with E-state index in [1.807, 2.05) is 16.8 Å². The van der Waals surface area contributed by atoms with Crippen LogP contribution in [0.4, 0.5) is 0 Å². The molecule has 3 heterocycles. The Balaban J connectivity index is 1.24. The Kier molecular flexibility index (Phi) is 6.62. The smallest absolute Gasteiger partial charge is 0.243 e. The number of rotatable bonds is 7. The molecule has 30 heavy (non-hydrogen) atoms. The maximum Gasteiger partial charge on any atom is 0.243 e. The van der Waals surface area contributed by atoms with E-state index < -0.39 is 10.0 Å². The van der Waals surface area contributed by atoms with Crippen LogP contribution in [0.5, 0.6) is 0 Å². The lowest BCUT2D eigenvalue weighted by atomic mass is 9.97. The number of sulfonamides is 1. The maximum absolute atomic E-state index is 12.7. The summed E-state index contributed by atoms with van der Waals surface area (Å²) in [4.78, 5) is 18.6. The topological polar surface area (TPSA) is 79.4 Å². The van der Waals surface area contributed by atoms with E-state index in [1.54, 1.807) is 53.0 Å². The minimum atomic E-state index is -3.49. The fourth-order valence-electron chi connectivity index (χ4n) is 3.49. The second-order valence-electron chi connectivity index (χ2n) is 7.15. The minimum absolute atomic E-state index is 0.000434. The van der Waals surface area contributed by atoms with Crippen molar-refractivity contribution in [1.82, 2.24) is 14.6 Å². The van der Waals surface area contributed by atoms with Gasteiger partial charge in [0.25, 0.3) is 0 Å². The lowest BCUT2D eigenvalue weighted by Gasteiger charge is -2.30. The van der Waals surface area contributed by atoms with Crippen molar-refractivity contribution in [3.05, 3.63) is 58.9 Å². The molecule has 4 rings (SSSR count). The summed E-state index contributed by atoms with van der Waals surface area (Å²) in [7, 11) is -3.49. The van der Waals surface area contributed by atoms with Crippen molar-refractivity contribution in [3.63, 3.8) is 0 Å². The molecule has 0 radical (unpaired) electrons. The molecule has 2 aromatic heterocycles. The number of hydrogen-bond donors (Lipinski definition) is 1. The predicted octanol–water partition coefficient (Wildman–Crippen LogP) is 3.63. The number of benzene rings is 1. The number of thiazole rings is 1. The fraction of sp³-hybridized carbons (Fsp3) is 0.333. The molecule has 9 heteroatoms. The lowest BCUT2D eigenvalue weighted by molar-refractivity contribution is -0.126. The van der Waals surface area contributed by atoms with Crippen molar-refractivity contribution in [1.29, 1.82) is 0 Å². The van der Waals surface area contributed by atoms with Gasteiger partial charge >= 0.3 is 0 Å². The number of thiophene rings is 1. The number of hydrogen-bond acceptors (Lipinski definition) is 6. The molecule has 1 aliphatic heterocycles. The molecular weight excluding hydrogens is 438 g/mol. The number of carbonyl (C=O) groups is 1. The Morgan fingerprint density at radius 3 is 2.57 bits per heavy atom. The van der Waals surface area contributed by atoms with Crippen LogP contribution in [0.3, 0.4) is 0 Å². The van der Waals surface area contributed by atoms with Gasteiger partial charge in [-0.2, -0.15) is 4.31 Å². The van der Waals surface area contributed by atoms with Crippen LogP contribution in [-0.4, -0.2) is 43.2 Å². The van der Waals surface area contributed by atoms with Gasteiger partial charge in [0.1, 0.15) is 5.01 Å². The van der Waals surface area contributed by atoms with Gasteiger partial charge in [-0.15, -0.1) is 22.7 Å². The number of nitrogens with one attached hydrogen (secondary N) is 1. The Morgan fingerprint density at radius 2 is 1.87 bits per heavy atom. The summed E-state index contributed by atoms with van der Waals surface area (Å²) < 4.78 is 26.9. The van der Waals surface area contributed by atoms with E-state index in [0.29, 0.717) is 43.8 Å². The van der Waals surface area contributed by atoms with Gasteiger partial charge in [-0.1, -0.05) is 24.3 Å². The van der Waals surface area contributed by atoms with Gasteiger partial charge in [0.2, 0.25) is 15.9 Å². The molecule has 158 valence electrons. The highest BCUT2D eigenvalue weighted by atomic mass is 32.2. The summed E-state index contributed by atoms with van der Waals surface area (Å²) >= 11 is 3.29. The van der Waals surface area contributed by atoms with Crippen LogP contribution in [0.15, 0.2) is 58.1 Å². The highest BCUT2D eigenvalue weighted by Gasteiger charge is 2.31. The van der Waals surface area contributed by atoms with Crippen molar-refractivity contribution in [3.8, 4) is 9.88 Å². The molecule has 0 atom stereocenters. The van der Waals surface area contributed by atoms with E-state index in [2.05, 4.69) is 16.4 Å². The number of amides is 1. The first-order valence-electron chi connectivity index (χ1n) is 9.85. The first kappa shape index (κ1) is 21.2. The third-order valence-corrected chi connectivity index (χ3v) is 9.01. The normalized spacial score (nSPS) is 15.9. The quantitative estimate of drug-likeness (QED) is 0.583. The largest absolute Gasteiger partial charge is 0.355 e. The molecule has 0 saturated carbocycles. The Bertz CT molecular complexity index is 1070. The van der Waals surface area contributed by atoms with E-state index in [9.17, 15) is 13.2 Å². The minimum Gasteiger partial charge on any atom is -0.355 e. The van der Waals surface area contributed by atoms with E-state index >= 15 is 0 Å². The average Bonchev–Trinajstić information content (AvgIpc) is 3.46. The molecule has 1 N–H and O–H groups in total. The molecule has 0 bridgehead atoms. The van der Waals surface area contributed by atoms with Crippen molar-refractivity contribution < 1.29 is 13.2 Å². The zero-order valence-corrected chi connectivity index (χ0v) is 18.8. The van der Waals surface area contributed by atoms with Crippen molar-refractivity contribution >= 4 is 38.6 Å². The predicted molar refractivity (Wildman–Crippen MR) is 120 cm³/mol. The summed E-state index contributed by atoms with van der Waals surface area (Å²) in [6.45, 7) is 1.27. The molecule has 1 aliphatic rings. The molecule has 0 spiro atoms. The molecular formula is C21H23N3O3S3. The number of carbonyl (C=O) groups excluding carboxylic acids is 1. The average molecular weight is 462 g/mol. The maximum atomic E-state index is 12.7. The highest BCUT2D eigenvalue weighted by Crippen LogP contribution is 2.28. The SMILES string of the molecule is O=C(NCCc1csc(-c2cccs2)n1)C1CCN(S(=O)(=O)c2ccccc2)CC1. The second kappa shape index (κ2) is 9.38. The van der Waals surface area contributed by atoms with Crippen molar-refractivity contribution in [2.45, 2.75) is 24.2 Å². The van der Waals surface area contributed by atoms with Crippen molar-refractivity contribution in [2.24, 2.45) is 5.92 Å². The van der Waals surface area contributed by atoms with Crippen molar-refractivity contribution in [2.75, 3.05) is 19.6 Å². The molecule has 1 aromatic carbocycles. The molecule has 0 aliphatic carbocycles. The molecule has 0 unspecified atom stereocenters. The second-order valence-corrected chi connectivity index (χ2v) is 10.9. The van der Waals surface area contributed by atoms with E-state index in [1.165, 1.54) is 4.31 Å². The monoisotopic (exact) mass is 461 g/mol. The van der Waals surface area contributed by atoms with E-state index in [-0.39, 0.29) is 11.8 Å². The highest BCUT2D eigenvalue weighted by molar-refractivity contribution is 7.89. The first-order valence-corrected chi connectivity index (χ1v) is 13.0. The molecule has 6 nitrogen and oxygen atoms in total. The van der Waals surface area contributed by atoms with Crippen LogP contribution in [-0.2, 0) is 21.2 Å². The van der Waals surface area contributed by atoms with Gasteiger partial charge < -0.3 is 5.32 Å². The van der Waals surface area contributed by atoms with Crippen LogP contribution in [0.1, 0.15) is 18.5 Å². The van der Waals surface area contributed by atoms with E-state index in [4.69, 9.17) is 0 Å². The lowest BCUT2D eigenvalue weighted by Crippen LogP contribution is -2.43. The summed E-state index contributed by atoms with van der Waals surface area (Å²) in [6, 6.07) is 12.5. The van der Waals surface area contributed by atoms with Gasteiger partial charge in [-0.25, -0.2) is 13.4 Å². The Hall–Kier alpha value is -2.07. The Labute approximate surface area is 184 Å². The first-order chi connectivity index (χ1) is 14.5. The third kappa shape index (κ3) is 4.80. The summed E-state index contributed by atoms with van der Waals surface area (Å²) in [5.74, 6) is -0.148. The molecule has 1 amide bonds. The van der Waals surface area contributed by atoms with Crippen LogP contribution in [0.2, 0.25) is 0 Å². The van der Waals surface area contributed by atoms with Gasteiger partial charge in [-0.05, 0) is 36.4 Å². The van der Waals surface area contributed by atoms with Crippen LogP contribution >= 0.6 is 22.7 Å². The number of piperidine rings is 1. The third-order valence-electron chi connectivity index (χ3n) is 5.17.